The van der Waals surface area contributed by atoms with Crippen LogP contribution in [0.1, 0.15) is 18.4 Å². The van der Waals surface area contributed by atoms with Crippen molar-refractivity contribution in [2.45, 2.75) is 25.8 Å². The van der Waals surface area contributed by atoms with Crippen molar-refractivity contribution in [2.24, 2.45) is 0 Å². The summed E-state index contributed by atoms with van der Waals surface area (Å²) in [5.41, 5.74) is 2.09. The SMILES string of the molecule is C=C(CNC1CC1)COc1c(OC)cc(C)cc1OC. The highest BCUT2D eigenvalue weighted by molar-refractivity contribution is 5.53. The zero-order valence-corrected chi connectivity index (χ0v) is 12.5. The van der Waals surface area contributed by atoms with E-state index in [2.05, 4.69) is 11.9 Å². The van der Waals surface area contributed by atoms with Gasteiger partial charge in [0.05, 0.1) is 14.2 Å². The molecule has 0 spiro atoms. The molecule has 1 aliphatic carbocycles. The number of methoxy groups -OCH3 is 2. The molecular formula is C16H23NO3. The Bertz CT molecular complexity index is 456. The van der Waals surface area contributed by atoms with Crippen LogP contribution in [0.3, 0.4) is 0 Å². The Labute approximate surface area is 120 Å². The molecule has 0 saturated heterocycles. The van der Waals surface area contributed by atoms with Gasteiger partial charge in [0.25, 0.3) is 0 Å². The molecule has 0 unspecified atom stereocenters. The fourth-order valence-electron chi connectivity index (χ4n) is 1.95. The molecule has 1 aliphatic rings. The first-order chi connectivity index (χ1) is 9.63. The minimum absolute atomic E-state index is 0.454. The summed E-state index contributed by atoms with van der Waals surface area (Å²) in [6.07, 6.45) is 2.54. The average Bonchev–Trinajstić information content (AvgIpc) is 3.26. The lowest BCUT2D eigenvalue weighted by Crippen LogP contribution is -2.21. The predicted molar refractivity (Wildman–Crippen MR) is 79.9 cm³/mol. The maximum absolute atomic E-state index is 5.83. The Hall–Kier alpha value is -1.68. The fourth-order valence-corrected chi connectivity index (χ4v) is 1.95. The van der Waals surface area contributed by atoms with Crippen molar-refractivity contribution in [3.05, 3.63) is 29.8 Å². The number of hydrogen-bond donors (Lipinski definition) is 1. The quantitative estimate of drug-likeness (QED) is 0.742. The molecule has 1 aromatic rings. The number of benzene rings is 1. The van der Waals surface area contributed by atoms with E-state index in [9.17, 15) is 0 Å². The fraction of sp³-hybridized carbons (Fsp3) is 0.500. The van der Waals surface area contributed by atoms with Gasteiger partial charge >= 0.3 is 0 Å². The van der Waals surface area contributed by atoms with Crippen molar-refractivity contribution < 1.29 is 14.2 Å². The maximum atomic E-state index is 5.83. The number of nitrogens with one attached hydrogen (secondary N) is 1. The third kappa shape index (κ3) is 3.90. The molecule has 1 saturated carbocycles. The lowest BCUT2D eigenvalue weighted by Gasteiger charge is -2.16. The van der Waals surface area contributed by atoms with Crippen molar-refractivity contribution in [3.8, 4) is 17.2 Å². The van der Waals surface area contributed by atoms with Crippen LogP contribution in [-0.2, 0) is 0 Å². The van der Waals surface area contributed by atoms with Crippen LogP contribution >= 0.6 is 0 Å². The van der Waals surface area contributed by atoms with Crippen molar-refractivity contribution in [2.75, 3.05) is 27.4 Å². The van der Waals surface area contributed by atoms with Crippen LogP contribution in [0.15, 0.2) is 24.3 Å². The van der Waals surface area contributed by atoms with Gasteiger partial charge in [0, 0.05) is 12.6 Å². The molecule has 0 radical (unpaired) electrons. The van der Waals surface area contributed by atoms with Crippen LogP contribution in [0.2, 0.25) is 0 Å². The van der Waals surface area contributed by atoms with Crippen LogP contribution in [-0.4, -0.2) is 33.4 Å². The zero-order valence-electron chi connectivity index (χ0n) is 12.5. The van der Waals surface area contributed by atoms with E-state index in [0.29, 0.717) is 29.9 Å². The molecule has 0 heterocycles. The molecule has 0 amide bonds. The summed E-state index contributed by atoms with van der Waals surface area (Å²) in [6.45, 7) is 7.27. The molecule has 1 aromatic carbocycles. The molecule has 4 heteroatoms. The molecule has 20 heavy (non-hydrogen) atoms. The topological polar surface area (TPSA) is 39.7 Å². The number of aryl methyl sites for hydroxylation is 1. The zero-order chi connectivity index (χ0) is 14.5. The summed E-state index contributed by atoms with van der Waals surface area (Å²) in [5, 5.41) is 3.42. The third-order valence-electron chi connectivity index (χ3n) is 3.24. The van der Waals surface area contributed by atoms with Crippen LogP contribution < -0.4 is 19.5 Å². The van der Waals surface area contributed by atoms with Crippen molar-refractivity contribution in [1.29, 1.82) is 0 Å². The third-order valence-corrected chi connectivity index (χ3v) is 3.24. The second kappa shape index (κ2) is 6.66. The molecule has 0 bridgehead atoms. The standard InChI is InChI=1S/C16H23NO3/c1-11-7-14(18-3)16(15(8-11)19-4)20-10-12(2)9-17-13-5-6-13/h7-8,13,17H,2,5-6,9-10H2,1,3-4H3. The molecule has 1 fully saturated rings. The average molecular weight is 277 g/mol. The predicted octanol–water partition coefficient (Wildman–Crippen LogP) is 2.70. The van der Waals surface area contributed by atoms with Gasteiger partial charge in [-0.1, -0.05) is 6.58 Å². The Morgan fingerprint density at radius 2 is 1.85 bits per heavy atom. The van der Waals surface area contributed by atoms with Crippen molar-refractivity contribution in [1.82, 2.24) is 5.32 Å². The van der Waals surface area contributed by atoms with E-state index in [4.69, 9.17) is 14.2 Å². The van der Waals surface area contributed by atoms with E-state index in [1.165, 1.54) is 12.8 Å². The van der Waals surface area contributed by atoms with Gasteiger partial charge in [-0.2, -0.15) is 0 Å². The van der Waals surface area contributed by atoms with Crippen molar-refractivity contribution >= 4 is 0 Å². The molecular weight excluding hydrogens is 254 g/mol. The van der Waals surface area contributed by atoms with Gasteiger partial charge in [0.1, 0.15) is 6.61 Å². The number of hydrogen-bond acceptors (Lipinski definition) is 4. The van der Waals surface area contributed by atoms with E-state index in [1.54, 1.807) is 14.2 Å². The normalized spacial score (nSPS) is 13.9. The number of rotatable bonds is 8. The molecule has 0 atom stereocenters. The summed E-state index contributed by atoms with van der Waals surface area (Å²) < 4.78 is 16.5. The smallest absolute Gasteiger partial charge is 0.203 e. The van der Waals surface area contributed by atoms with Gasteiger partial charge in [-0.3, -0.25) is 0 Å². The first kappa shape index (κ1) is 14.7. The molecule has 1 N–H and O–H groups in total. The van der Waals surface area contributed by atoms with E-state index < -0.39 is 0 Å². The largest absolute Gasteiger partial charge is 0.493 e. The van der Waals surface area contributed by atoms with E-state index in [1.807, 2.05) is 19.1 Å². The van der Waals surface area contributed by atoms with Crippen molar-refractivity contribution in [3.63, 3.8) is 0 Å². The molecule has 2 rings (SSSR count). The lowest BCUT2D eigenvalue weighted by molar-refractivity contribution is 0.293. The van der Waals surface area contributed by atoms with Gasteiger partial charge in [-0.25, -0.2) is 0 Å². The molecule has 4 nitrogen and oxygen atoms in total. The highest BCUT2D eigenvalue weighted by atomic mass is 16.5. The Morgan fingerprint density at radius 3 is 2.35 bits per heavy atom. The van der Waals surface area contributed by atoms with Gasteiger partial charge in [0.15, 0.2) is 11.5 Å². The Balaban J connectivity index is 1.97. The highest BCUT2D eigenvalue weighted by Crippen LogP contribution is 2.38. The van der Waals surface area contributed by atoms with Crippen LogP contribution in [0.25, 0.3) is 0 Å². The van der Waals surface area contributed by atoms with Gasteiger partial charge in [-0.05, 0) is 43.0 Å². The van der Waals surface area contributed by atoms with Crippen LogP contribution in [0, 0.1) is 6.92 Å². The summed E-state index contributed by atoms with van der Waals surface area (Å²) in [6, 6.07) is 4.54. The van der Waals surface area contributed by atoms with Crippen LogP contribution in [0.5, 0.6) is 17.2 Å². The summed E-state index contributed by atoms with van der Waals surface area (Å²) in [5.74, 6) is 2.00. The molecule has 0 aliphatic heterocycles. The Kier molecular flexibility index (Phi) is 4.90. The minimum atomic E-state index is 0.454. The second-order valence-corrected chi connectivity index (χ2v) is 5.19. The van der Waals surface area contributed by atoms with E-state index in [-0.39, 0.29) is 0 Å². The first-order valence-corrected chi connectivity index (χ1v) is 6.89. The van der Waals surface area contributed by atoms with Gasteiger partial charge < -0.3 is 19.5 Å². The summed E-state index contributed by atoms with van der Waals surface area (Å²) >= 11 is 0. The molecule has 110 valence electrons. The number of ether oxygens (including phenoxy) is 3. The lowest BCUT2D eigenvalue weighted by atomic mass is 10.2. The summed E-state index contributed by atoms with van der Waals surface area (Å²) in [7, 11) is 3.26. The van der Waals surface area contributed by atoms with Gasteiger partial charge in [-0.15, -0.1) is 0 Å². The molecule has 0 aromatic heterocycles. The highest BCUT2D eigenvalue weighted by Gasteiger charge is 2.20. The minimum Gasteiger partial charge on any atom is -0.493 e. The van der Waals surface area contributed by atoms with Crippen LogP contribution in [0.4, 0.5) is 0 Å². The summed E-state index contributed by atoms with van der Waals surface area (Å²) in [4.78, 5) is 0. The Morgan fingerprint density at radius 1 is 1.25 bits per heavy atom. The van der Waals surface area contributed by atoms with E-state index >= 15 is 0 Å². The second-order valence-electron chi connectivity index (χ2n) is 5.19. The van der Waals surface area contributed by atoms with E-state index in [0.717, 1.165) is 17.7 Å². The van der Waals surface area contributed by atoms with Gasteiger partial charge in [0.2, 0.25) is 5.75 Å². The maximum Gasteiger partial charge on any atom is 0.203 e. The monoisotopic (exact) mass is 277 g/mol. The first-order valence-electron chi connectivity index (χ1n) is 6.89.